The van der Waals surface area contributed by atoms with E-state index in [1.54, 1.807) is 0 Å². The fourth-order valence-electron chi connectivity index (χ4n) is 2.70. The van der Waals surface area contributed by atoms with Gasteiger partial charge in [0.05, 0.1) is 28.4 Å². The Hall–Kier alpha value is -3.75. The molecule has 0 atom stereocenters. The second-order valence-electron chi connectivity index (χ2n) is 6.30. The maximum Gasteiger partial charge on any atom is 0.325 e. The molecular weight excluding hydrogens is 406 g/mol. The van der Waals surface area contributed by atoms with Gasteiger partial charge in [-0.2, -0.15) is 0 Å². The van der Waals surface area contributed by atoms with Crippen molar-refractivity contribution >= 4 is 17.8 Å². The van der Waals surface area contributed by atoms with Gasteiger partial charge in [0.15, 0.2) is 11.5 Å². The number of esters is 2. The molecule has 2 rings (SSSR count). The van der Waals surface area contributed by atoms with Gasteiger partial charge >= 0.3 is 11.9 Å². The van der Waals surface area contributed by atoms with Crippen LogP contribution in [0.2, 0.25) is 0 Å². The molecule has 2 aromatic rings. The van der Waals surface area contributed by atoms with Gasteiger partial charge in [-0.1, -0.05) is 30.3 Å². The molecule has 0 bridgehead atoms. The molecule has 0 heterocycles. The number of amides is 1. The van der Waals surface area contributed by atoms with Crippen molar-refractivity contribution in [2.24, 2.45) is 0 Å². The minimum absolute atomic E-state index is 0.133. The summed E-state index contributed by atoms with van der Waals surface area (Å²) >= 11 is 0. The molecule has 9 nitrogen and oxygen atoms in total. The van der Waals surface area contributed by atoms with Crippen molar-refractivity contribution in [1.82, 2.24) is 4.90 Å². The first-order valence-corrected chi connectivity index (χ1v) is 9.29. The van der Waals surface area contributed by atoms with E-state index in [9.17, 15) is 14.4 Å². The smallest absolute Gasteiger partial charge is 0.325 e. The summed E-state index contributed by atoms with van der Waals surface area (Å²) in [5.41, 5.74) is 1.07. The number of methoxy groups -OCH3 is 4. The second kappa shape index (κ2) is 11.4. The van der Waals surface area contributed by atoms with E-state index in [-0.39, 0.29) is 23.7 Å². The topological polar surface area (TPSA) is 101 Å². The van der Waals surface area contributed by atoms with Gasteiger partial charge in [0.1, 0.15) is 19.7 Å². The van der Waals surface area contributed by atoms with Crippen LogP contribution in [0.5, 0.6) is 17.2 Å². The fourth-order valence-corrected chi connectivity index (χ4v) is 2.70. The molecule has 31 heavy (non-hydrogen) atoms. The van der Waals surface area contributed by atoms with E-state index in [1.165, 1.54) is 40.6 Å². The molecule has 1 amide bonds. The highest BCUT2D eigenvalue weighted by Gasteiger charge is 2.25. The van der Waals surface area contributed by atoms with Crippen molar-refractivity contribution in [3.8, 4) is 17.2 Å². The Morgan fingerprint density at radius 3 is 1.77 bits per heavy atom. The monoisotopic (exact) mass is 431 g/mol. The van der Waals surface area contributed by atoms with Crippen LogP contribution >= 0.6 is 0 Å². The zero-order chi connectivity index (χ0) is 22.8. The van der Waals surface area contributed by atoms with Crippen LogP contribution in [-0.4, -0.2) is 64.3 Å². The molecule has 0 unspecified atom stereocenters. The molecule has 0 fully saturated rings. The van der Waals surface area contributed by atoms with Crippen molar-refractivity contribution in [2.75, 3.05) is 41.5 Å². The van der Waals surface area contributed by atoms with Crippen LogP contribution in [0.25, 0.3) is 0 Å². The minimum atomic E-state index is -0.681. The highest BCUT2D eigenvalue weighted by Crippen LogP contribution is 2.39. The SMILES string of the molecule is COC(=O)CN(CC(=O)OC)C(=O)c1cc(OC)c(OCc2ccccc2)c(OC)c1. The Morgan fingerprint density at radius 2 is 1.32 bits per heavy atom. The highest BCUT2D eigenvalue weighted by molar-refractivity contribution is 5.98. The van der Waals surface area contributed by atoms with Crippen LogP contribution in [0.1, 0.15) is 15.9 Å². The summed E-state index contributed by atoms with van der Waals surface area (Å²) in [6, 6.07) is 12.4. The molecule has 166 valence electrons. The van der Waals surface area contributed by atoms with E-state index in [4.69, 9.17) is 14.2 Å². The lowest BCUT2D eigenvalue weighted by atomic mass is 10.1. The summed E-state index contributed by atoms with van der Waals surface area (Å²) in [6.45, 7) is -0.597. The minimum Gasteiger partial charge on any atom is -0.493 e. The third-order valence-electron chi connectivity index (χ3n) is 4.32. The van der Waals surface area contributed by atoms with Crippen molar-refractivity contribution < 1.29 is 38.1 Å². The Labute approximate surface area is 180 Å². The van der Waals surface area contributed by atoms with E-state index in [0.717, 1.165) is 10.5 Å². The van der Waals surface area contributed by atoms with Gasteiger partial charge in [-0.15, -0.1) is 0 Å². The third kappa shape index (κ3) is 6.36. The van der Waals surface area contributed by atoms with E-state index in [2.05, 4.69) is 9.47 Å². The van der Waals surface area contributed by atoms with Crippen LogP contribution in [0.15, 0.2) is 42.5 Å². The van der Waals surface area contributed by atoms with E-state index in [0.29, 0.717) is 5.75 Å². The average molecular weight is 431 g/mol. The molecule has 0 aliphatic rings. The number of nitrogens with zero attached hydrogens (tertiary/aromatic N) is 1. The molecule has 0 aliphatic heterocycles. The summed E-state index contributed by atoms with van der Waals surface area (Å²) in [7, 11) is 5.24. The predicted molar refractivity (Wildman–Crippen MR) is 110 cm³/mol. The summed E-state index contributed by atoms with van der Waals surface area (Å²) in [5.74, 6) is -1.14. The zero-order valence-electron chi connectivity index (χ0n) is 17.9. The predicted octanol–water partition coefficient (Wildman–Crippen LogP) is 2.07. The molecule has 0 spiro atoms. The number of carbonyl (C=O) groups excluding carboxylic acids is 3. The van der Waals surface area contributed by atoms with Crippen LogP contribution in [-0.2, 0) is 25.7 Å². The summed E-state index contributed by atoms with van der Waals surface area (Å²) < 4.78 is 25.9. The lowest BCUT2D eigenvalue weighted by Gasteiger charge is -2.22. The van der Waals surface area contributed by atoms with Crippen LogP contribution in [0.3, 0.4) is 0 Å². The molecule has 0 saturated carbocycles. The van der Waals surface area contributed by atoms with Gasteiger partial charge < -0.3 is 28.6 Å². The molecular formula is C22H25NO8. The summed E-state index contributed by atoms with van der Waals surface area (Å²) in [4.78, 5) is 37.5. The maximum absolute atomic E-state index is 13.0. The fraction of sp³-hybridized carbons (Fsp3) is 0.318. The zero-order valence-corrected chi connectivity index (χ0v) is 17.9. The van der Waals surface area contributed by atoms with Gasteiger partial charge in [0, 0.05) is 5.56 Å². The Morgan fingerprint density at radius 1 is 0.806 bits per heavy atom. The molecule has 0 radical (unpaired) electrons. The first kappa shape index (κ1) is 23.5. The Kier molecular flexibility index (Phi) is 8.68. The third-order valence-corrected chi connectivity index (χ3v) is 4.32. The number of hydrogen-bond donors (Lipinski definition) is 0. The van der Waals surface area contributed by atoms with Crippen LogP contribution in [0.4, 0.5) is 0 Å². The standard InChI is InChI=1S/C22H25NO8/c1-27-17-10-16(22(26)23(12-19(24)29-3)13-20(25)30-4)11-18(28-2)21(17)31-14-15-8-6-5-7-9-15/h5-11H,12-14H2,1-4H3. The number of benzene rings is 2. The van der Waals surface area contributed by atoms with E-state index in [1.807, 2.05) is 30.3 Å². The highest BCUT2D eigenvalue weighted by atomic mass is 16.5. The van der Waals surface area contributed by atoms with E-state index >= 15 is 0 Å². The maximum atomic E-state index is 13.0. The molecule has 0 aromatic heterocycles. The first-order valence-electron chi connectivity index (χ1n) is 9.29. The largest absolute Gasteiger partial charge is 0.493 e. The number of rotatable bonds is 10. The quantitative estimate of drug-likeness (QED) is 0.527. The number of carbonyl (C=O) groups is 3. The van der Waals surface area contributed by atoms with Crippen molar-refractivity contribution in [3.63, 3.8) is 0 Å². The van der Waals surface area contributed by atoms with Crippen LogP contribution < -0.4 is 14.2 Å². The normalized spacial score (nSPS) is 10.1. The van der Waals surface area contributed by atoms with E-state index < -0.39 is 30.9 Å². The van der Waals surface area contributed by atoms with Crippen molar-refractivity contribution in [3.05, 3.63) is 53.6 Å². The molecule has 9 heteroatoms. The van der Waals surface area contributed by atoms with Crippen LogP contribution in [0, 0.1) is 0 Å². The second-order valence-corrected chi connectivity index (χ2v) is 6.30. The average Bonchev–Trinajstić information content (AvgIpc) is 2.81. The summed E-state index contributed by atoms with van der Waals surface area (Å²) in [5, 5.41) is 0. The molecule has 0 aliphatic carbocycles. The van der Waals surface area contributed by atoms with Crippen molar-refractivity contribution in [1.29, 1.82) is 0 Å². The first-order chi connectivity index (χ1) is 14.9. The molecule has 0 N–H and O–H groups in total. The molecule has 0 saturated heterocycles. The van der Waals surface area contributed by atoms with Gasteiger partial charge in [-0.05, 0) is 17.7 Å². The number of ether oxygens (including phenoxy) is 5. The van der Waals surface area contributed by atoms with Gasteiger partial charge in [0.2, 0.25) is 5.75 Å². The lowest BCUT2D eigenvalue weighted by molar-refractivity contribution is -0.144. The summed E-state index contributed by atoms with van der Waals surface area (Å²) in [6.07, 6.45) is 0. The van der Waals surface area contributed by atoms with Gasteiger partial charge in [-0.25, -0.2) is 0 Å². The Balaban J connectivity index is 2.34. The Bertz CT molecular complexity index is 870. The van der Waals surface area contributed by atoms with Gasteiger partial charge in [-0.3, -0.25) is 14.4 Å². The number of hydrogen-bond acceptors (Lipinski definition) is 8. The van der Waals surface area contributed by atoms with Gasteiger partial charge in [0.25, 0.3) is 5.91 Å². The molecule has 2 aromatic carbocycles. The lowest BCUT2D eigenvalue weighted by Crippen LogP contribution is -2.40. The van der Waals surface area contributed by atoms with Crippen molar-refractivity contribution in [2.45, 2.75) is 6.61 Å².